The third-order valence-corrected chi connectivity index (χ3v) is 2.71. The van der Waals surface area contributed by atoms with Gasteiger partial charge in [0.1, 0.15) is 17.6 Å². The molecule has 5 heteroatoms. The predicted octanol–water partition coefficient (Wildman–Crippen LogP) is 3.73. The number of H-pyrrole nitrogens is 1. The summed E-state index contributed by atoms with van der Waals surface area (Å²) < 4.78 is 18.0. The van der Waals surface area contributed by atoms with Gasteiger partial charge in [-0.2, -0.15) is 0 Å². The number of carbonyl (C=O) groups is 1. The minimum absolute atomic E-state index is 0.286. The fraction of sp³-hybridized carbons (Fsp3) is 0.154. The molecule has 1 aromatic heterocycles. The van der Waals surface area contributed by atoms with E-state index in [0.29, 0.717) is 5.02 Å². The molecule has 0 amide bonds. The monoisotopic (exact) mass is 267 g/mol. The van der Waals surface area contributed by atoms with Gasteiger partial charge in [0.25, 0.3) is 0 Å². The van der Waals surface area contributed by atoms with Gasteiger partial charge in [0.2, 0.25) is 0 Å². The number of esters is 1. The zero-order chi connectivity index (χ0) is 13.1. The second-order valence-electron chi connectivity index (χ2n) is 3.83. The SMILES string of the molecule is CC(OC(=O)c1cc(Cl)c[nH]1)c1ccc(F)cc1. The molecule has 3 nitrogen and oxygen atoms in total. The Morgan fingerprint density at radius 2 is 2.06 bits per heavy atom. The van der Waals surface area contributed by atoms with E-state index in [1.807, 2.05) is 0 Å². The van der Waals surface area contributed by atoms with Crippen molar-refractivity contribution in [1.82, 2.24) is 4.98 Å². The third kappa shape index (κ3) is 2.90. The Balaban J connectivity index is 2.05. The number of halogens is 2. The molecule has 0 aliphatic carbocycles. The van der Waals surface area contributed by atoms with E-state index in [9.17, 15) is 9.18 Å². The Morgan fingerprint density at radius 3 is 2.61 bits per heavy atom. The molecule has 0 radical (unpaired) electrons. The maximum Gasteiger partial charge on any atom is 0.355 e. The fourth-order valence-corrected chi connectivity index (χ4v) is 1.68. The minimum Gasteiger partial charge on any atom is -0.453 e. The zero-order valence-electron chi connectivity index (χ0n) is 9.61. The van der Waals surface area contributed by atoms with Gasteiger partial charge < -0.3 is 9.72 Å². The smallest absolute Gasteiger partial charge is 0.355 e. The topological polar surface area (TPSA) is 42.1 Å². The van der Waals surface area contributed by atoms with Gasteiger partial charge >= 0.3 is 5.97 Å². The average Bonchev–Trinajstić information content (AvgIpc) is 2.76. The molecule has 2 rings (SSSR count). The summed E-state index contributed by atoms with van der Waals surface area (Å²) in [4.78, 5) is 14.4. The Bertz CT molecular complexity index is 550. The van der Waals surface area contributed by atoms with Crippen LogP contribution in [-0.2, 0) is 4.74 Å². The molecule has 1 aromatic carbocycles. The van der Waals surface area contributed by atoms with E-state index in [0.717, 1.165) is 5.56 Å². The number of hydrogen-bond donors (Lipinski definition) is 1. The summed E-state index contributed by atoms with van der Waals surface area (Å²) in [7, 11) is 0. The van der Waals surface area contributed by atoms with Gasteiger partial charge in [0.15, 0.2) is 0 Å². The van der Waals surface area contributed by atoms with Crippen LogP contribution >= 0.6 is 11.6 Å². The first kappa shape index (κ1) is 12.6. The van der Waals surface area contributed by atoms with Crippen molar-refractivity contribution in [2.24, 2.45) is 0 Å². The van der Waals surface area contributed by atoms with Crippen molar-refractivity contribution in [3.8, 4) is 0 Å². The molecule has 2 aromatic rings. The molecular formula is C13H11ClFNO2. The van der Waals surface area contributed by atoms with Crippen LogP contribution in [0.5, 0.6) is 0 Å². The standard InChI is InChI=1S/C13H11ClFNO2/c1-8(9-2-4-11(15)5-3-9)18-13(17)12-6-10(14)7-16-12/h2-8,16H,1H3. The number of aromatic nitrogens is 1. The second-order valence-corrected chi connectivity index (χ2v) is 4.27. The van der Waals surface area contributed by atoms with Crippen LogP contribution in [0.15, 0.2) is 36.5 Å². The summed E-state index contributed by atoms with van der Waals surface area (Å²) in [6.45, 7) is 1.72. The van der Waals surface area contributed by atoms with E-state index < -0.39 is 12.1 Å². The van der Waals surface area contributed by atoms with Crippen LogP contribution in [0.2, 0.25) is 5.02 Å². The van der Waals surface area contributed by atoms with E-state index in [4.69, 9.17) is 16.3 Å². The molecule has 1 unspecified atom stereocenters. The summed E-state index contributed by atoms with van der Waals surface area (Å²) >= 11 is 5.69. The number of nitrogens with one attached hydrogen (secondary N) is 1. The van der Waals surface area contributed by atoms with Crippen molar-refractivity contribution in [2.45, 2.75) is 13.0 Å². The number of ether oxygens (including phenoxy) is 1. The van der Waals surface area contributed by atoms with Crippen molar-refractivity contribution in [1.29, 1.82) is 0 Å². The summed E-state index contributed by atoms with van der Waals surface area (Å²) in [6, 6.07) is 7.29. The molecular weight excluding hydrogens is 257 g/mol. The molecule has 0 fully saturated rings. The van der Waals surface area contributed by atoms with Crippen LogP contribution in [0, 0.1) is 5.82 Å². The maximum atomic E-state index is 12.8. The average molecular weight is 268 g/mol. The minimum atomic E-state index is -0.501. The van der Waals surface area contributed by atoms with Gasteiger partial charge in [-0.3, -0.25) is 0 Å². The highest BCUT2D eigenvalue weighted by Crippen LogP contribution is 2.19. The highest BCUT2D eigenvalue weighted by atomic mass is 35.5. The molecule has 94 valence electrons. The second kappa shape index (κ2) is 5.23. The highest BCUT2D eigenvalue weighted by molar-refractivity contribution is 6.30. The van der Waals surface area contributed by atoms with E-state index in [1.54, 1.807) is 19.1 Å². The van der Waals surface area contributed by atoms with E-state index in [1.165, 1.54) is 24.4 Å². The summed E-state index contributed by atoms with van der Waals surface area (Å²) in [5, 5.41) is 0.441. The van der Waals surface area contributed by atoms with Crippen LogP contribution in [0.3, 0.4) is 0 Å². The highest BCUT2D eigenvalue weighted by Gasteiger charge is 2.15. The number of rotatable bonds is 3. The number of hydrogen-bond acceptors (Lipinski definition) is 2. The molecule has 0 saturated heterocycles. The summed E-state index contributed by atoms with van der Waals surface area (Å²) in [6.07, 6.45) is 1.04. The Kier molecular flexibility index (Phi) is 3.67. The van der Waals surface area contributed by atoms with Crippen molar-refractivity contribution in [3.05, 3.63) is 58.6 Å². The molecule has 0 aliphatic rings. The molecule has 1 atom stereocenters. The quantitative estimate of drug-likeness (QED) is 0.861. The van der Waals surface area contributed by atoms with Gasteiger partial charge in [-0.25, -0.2) is 9.18 Å². The Labute approximate surface area is 109 Å². The normalized spacial score (nSPS) is 12.2. The lowest BCUT2D eigenvalue weighted by Crippen LogP contribution is -2.09. The molecule has 0 aliphatic heterocycles. The number of benzene rings is 1. The molecule has 0 saturated carbocycles. The zero-order valence-corrected chi connectivity index (χ0v) is 10.4. The lowest BCUT2D eigenvalue weighted by molar-refractivity contribution is 0.0331. The van der Waals surface area contributed by atoms with Crippen molar-refractivity contribution in [3.63, 3.8) is 0 Å². The van der Waals surface area contributed by atoms with Crippen molar-refractivity contribution < 1.29 is 13.9 Å². The van der Waals surface area contributed by atoms with Crippen molar-refractivity contribution in [2.75, 3.05) is 0 Å². The fourth-order valence-electron chi connectivity index (χ4n) is 1.51. The Morgan fingerprint density at radius 1 is 1.39 bits per heavy atom. The van der Waals surface area contributed by atoms with Crippen LogP contribution in [0.1, 0.15) is 29.1 Å². The van der Waals surface area contributed by atoms with Crippen molar-refractivity contribution >= 4 is 17.6 Å². The molecule has 18 heavy (non-hydrogen) atoms. The maximum absolute atomic E-state index is 12.8. The summed E-state index contributed by atoms with van der Waals surface area (Å²) in [5.74, 6) is -0.827. The molecule has 1 heterocycles. The van der Waals surface area contributed by atoms with E-state index >= 15 is 0 Å². The van der Waals surface area contributed by atoms with Crippen LogP contribution in [0.25, 0.3) is 0 Å². The Hall–Kier alpha value is -1.81. The molecule has 0 bridgehead atoms. The predicted molar refractivity (Wildman–Crippen MR) is 66.0 cm³/mol. The van der Waals surface area contributed by atoms with Gasteiger partial charge in [-0.1, -0.05) is 23.7 Å². The van der Waals surface area contributed by atoms with Gasteiger partial charge in [-0.15, -0.1) is 0 Å². The number of carbonyl (C=O) groups excluding carboxylic acids is 1. The molecule has 1 N–H and O–H groups in total. The lowest BCUT2D eigenvalue weighted by Gasteiger charge is -2.12. The van der Waals surface area contributed by atoms with Gasteiger partial charge in [0.05, 0.1) is 5.02 Å². The number of aromatic amines is 1. The first-order valence-electron chi connectivity index (χ1n) is 5.36. The van der Waals surface area contributed by atoms with Gasteiger partial charge in [0, 0.05) is 6.20 Å². The van der Waals surface area contributed by atoms with Crippen LogP contribution in [0.4, 0.5) is 4.39 Å². The van der Waals surface area contributed by atoms with Crippen LogP contribution in [-0.4, -0.2) is 11.0 Å². The first-order chi connectivity index (χ1) is 8.56. The summed E-state index contributed by atoms with van der Waals surface area (Å²) in [5.41, 5.74) is 1.01. The van der Waals surface area contributed by atoms with E-state index in [2.05, 4.69) is 4.98 Å². The third-order valence-electron chi connectivity index (χ3n) is 2.49. The first-order valence-corrected chi connectivity index (χ1v) is 5.74. The van der Waals surface area contributed by atoms with Gasteiger partial charge in [-0.05, 0) is 30.7 Å². The van der Waals surface area contributed by atoms with E-state index in [-0.39, 0.29) is 11.5 Å². The molecule has 0 spiro atoms. The largest absolute Gasteiger partial charge is 0.453 e. The van der Waals surface area contributed by atoms with Crippen LogP contribution < -0.4 is 0 Å². The lowest BCUT2D eigenvalue weighted by atomic mass is 10.1.